The van der Waals surface area contributed by atoms with Crippen molar-refractivity contribution in [3.05, 3.63) is 50.4 Å². The Bertz CT molecular complexity index is 1180. The molecule has 8 nitrogen and oxygen atoms in total. The van der Waals surface area contributed by atoms with E-state index >= 15 is 0 Å². The van der Waals surface area contributed by atoms with Crippen LogP contribution in [0.2, 0.25) is 10.0 Å². The van der Waals surface area contributed by atoms with Gasteiger partial charge in [0.1, 0.15) is 18.4 Å². The topological polar surface area (TPSA) is 98.2 Å². The monoisotopic (exact) mass is 611 g/mol. The molecule has 198 valence electrons. The van der Waals surface area contributed by atoms with Crippen molar-refractivity contribution >= 4 is 57.2 Å². The molecule has 11 heteroatoms. The summed E-state index contributed by atoms with van der Waals surface area (Å²) in [5.74, 6) is 2.77. The number of rotatable bonds is 12. The fourth-order valence-corrected chi connectivity index (χ4v) is 4.15. The largest absolute Gasteiger partial charge is 0.493 e. The maximum atomic E-state index is 12.9. The molecular weight excluding hydrogens is 585 g/mol. The lowest BCUT2D eigenvalue weighted by Gasteiger charge is -2.22. The van der Waals surface area contributed by atoms with E-state index in [1.807, 2.05) is 13.8 Å². The van der Waals surface area contributed by atoms with Gasteiger partial charge in [0, 0.05) is 5.02 Å². The van der Waals surface area contributed by atoms with Crippen LogP contribution in [0, 0.1) is 18.3 Å². The van der Waals surface area contributed by atoms with Gasteiger partial charge in [0.25, 0.3) is 11.8 Å². The molecule has 2 atom stereocenters. The van der Waals surface area contributed by atoms with E-state index in [1.54, 1.807) is 31.2 Å². The molecule has 0 saturated heterocycles. The van der Waals surface area contributed by atoms with Crippen LogP contribution in [0.25, 0.3) is 0 Å². The maximum Gasteiger partial charge on any atom is 0.262 e. The molecule has 0 spiro atoms. The minimum Gasteiger partial charge on any atom is -0.493 e. The van der Waals surface area contributed by atoms with E-state index in [9.17, 15) is 9.59 Å². The molecule has 0 bridgehead atoms. The Hall–Kier alpha value is -2.93. The SMILES string of the molecule is C#CCOc1c(Br)cc(/C=N\NC(=O)[C@H](CC(C)C)NC(=O)[C@@H](C)Oc2ccc(Cl)cc2Cl)cc1OC. The van der Waals surface area contributed by atoms with Gasteiger partial charge in [-0.15, -0.1) is 6.42 Å². The van der Waals surface area contributed by atoms with E-state index in [2.05, 4.69) is 37.7 Å². The fourth-order valence-electron chi connectivity index (χ4n) is 3.12. The second-order valence-corrected chi connectivity index (χ2v) is 9.98. The summed E-state index contributed by atoms with van der Waals surface area (Å²) in [6.07, 6.45) is 6.17. The van der Waals surface area contributed by atoms with Gasteiger partial charge in [0.2, 0.25) is 0 Å². The number of nitrogens with one attached hydrogen (secondary N) is 2. The Labute approximate surface area is 235 Å². The summed E-state index contributed by atoms with van der Waals surface area (Å²) in [5.41, 5.74) is 3.11. The van der Waals surface area contributed by atoms with Crippen LogP contribution >= 0.6 is 39.1 Å². The zero-order chi connectivity index (χ0) is 27.5. The molecular formula is C26H28BrCl2N3O5. The smallest absolute Gasteiger partial charge is 0.262 e. The van der Waals surface area contributed by atoms with E-state index in [0.29, 0.717) is 38.7 Å². The van der Waals surface area contributed by atoms with E-state index in [4.69, 9.17) is 43.8 Å². The first-order valence-electron chi connectivity index (χ1n) is 11.2. The highest BCUT2D eigenvalue weighted by Crippen LogP contribution is 2.36. The molecule has 0 unspecified atom stereocenters. The van der Waals surface area contributed by atoms with Gasteiger partial charge >= 0.3 is 0 Å². The number of hydrogen-bond donors (Lipinski definition) is 2. The number of amides is 2. The van der Waals surface area contributed by atoms with E-state index < -0.39 is 24.0 Å². The van der Waals surface area contributed by atoms with Crippen molar-refractivity contribution in [2.75, 3.05) is 13.7 Å². The predicted molar refractivity (Wildman–Crippen MR) is 149 cm³/mol. The molecule has 0 heterocycles. The summed E-state index contributed by atoms with van der Waals surface area (Å²) in [4.78, 5) is 25.6. The molecule has 2 aromatic rings. The van der Waals surface area contributed by atoms with Crippen LogP contribution in [0.3, 0.4) is 0 Å². The lowest BCUT2D eigenvalue weighted by Crippen LogP contribution is -2.49. The second-order valence-electron chi connectivity index (χ2n) is 8.29. The van der Waals surface area contributed by atoms with Crippen molar-refractivity contribution in [2.24, 2.45) is 11.0 Å². The van der Waals surface area contributed by atoms with E-state index in [-0.39, 0.29) is 17.5 Å². The Morgan fingerprint density at radius 2 is 1.89 bits per heavy atom. The summed E-state index contributed by atoms with van der Waals surface area (Å²) < 4.78 is 17.1. The quantitative estimate of drug-likeness (QED) is 0.194. The summed E-state index contributed by atoms with van der Waals surface area (Å²) in [5, 5.41) is 7.48. The summed E-state index contributed by atoms with van der Waals surface area (Å²) >= 11 is 15.4. The van der Waals surface area contributed by atoms with Crippen molar-refractivity contribution in [2.45, 2.75) is 39.3 Å². The van der Waals surface area contributed by atoms with Crippen LogP contribution in [0.5, 0.6) is 17.2 Å². The normalized spacial score (nSPS) is 12.5. The summed E-state index contributed by atoms with van der Waals surface area (Å²) in [6.45, 7) is 5.52. The third-order valence-electron chi connectivity index (χ3n) is 4.85. The number of hydrazone groups is 1. The van der Waals surface area contributed by atoms with Gasteiger partial charge in [-0.25, -0.2) is 5.43 Å². The average molecular weight is 613 g/mol. The molecule has 0 aliphatic carbocycles. The third kappa shape index (κ3) is 9.47. The Morgan fingerprint density at radius 1 is 1.16 bits per heavy atom. The molecule has 0 aliphatic heterocycles. The molecule has 2 aromatic carbocycles. The van der Waals surface area contributed by atoms with Crippen LogP contribution in [-0.2, 0) is 9.59 Å². The predicted octanol–water partition coefficient (Wildman–Crippen LogP) is 5.23. The highest BCUT2D eigenvalue weighted by atomic mass is 79.9. The molecule has 0 fully saturated rings. The van der Waals surface area contributed by atoms with Crippen molar-refractivity contribution in [1.82, 2.24) is 10.7 Å². The van der Waals surface area contributed by atoms with Gasteiger partial charge in [-0.2, -0.15) is 5.10 Å². The van der Waals surface area contributed by atoms with Crippen molar-refractivity contribution < 1.29 is 23.8 Å². The van der Waals surface area contributed by atoms with Crippen LogP contribution < -0.4 is 25.0 Å². The Kier molecular flexibility index (Phi) is 12.1. The lowest BCUT2D eigenvalue weighted by atomic mass is 10.0. The van der Waals surface area contributed by atoms with Crippen LogP contribution in [-0.4, -0.2) is 43.9 Å². The van der Waals surface area contributed by atoms with Crippen molar-refractivity contribution in [3.63, 3.8) is 0 Å². The van der Waals surface area contributed by atoms with E-state index in [0.717, 1.165) is 0 Å². The molecule has 0 aromatic heterocycles. The van der Waals surface area contributed by atoms with Crippen LogP contribution in [0.1, 0.15) is 32.8 Å². The Morgan fingerprint density at radius 3 is 2.51 bits per heavy atom. The minimum atomic E-state index is -0.912. The average Bonchev–Trinajstić information content (AvgIpc) is 2.83. The summed E-state index contributed by atoms with van der Waals surface area (Å²) in [7, 11) is 1.50. The first-order valence-corrected chi connectivity index (χ1v) is 12.8. The number of carbonyl (C=O) groups is 2. The third-order valence-corrected chi connectivity index (χ3v) is 5.97. The van der Waals surface area contributed by atoms with Crippen LogP contribution in [0.15, 0.2) is 39.9 Å². The number of terminal acetylenes is 1. The molecule has 0 aliphatic rings. The van der Waals surface area contributed by atoms with Gasteiger partial charge in [-0.3, -0.25) is 9.59 Å². The molecule has 2 rings (SSSR count). The number of nitrogens with zero attached hydrogens (tertiary/aromatic N) is 1. The molecule has 0 saturated carbocycles. The van der Waals surface area contributed by atoms with Gasteiger partial charge in [0.05, 0.1) is 22.8 Å². The molecule has 2 N–H and O–H groups in total. The molecule has 2 amide bonds. The van der Waals surface area contributed by atoms with Gasteiger partial charge in [0.15, 0.2) is 17.6 Å². The second kappa shape index (κ2) is 14.7. The standard InChI is InChI=1S/C26H28BrCl2N3O5/c1-6-9-36-24-19(27)11-17(12-23(24)35-5)14-30-32-26(34)21(10-15(2)3)31-25(33)16(4)37-22-8-7-18(28)13-20(22)29/h1,7-8,11-16,21H,9-10H2,2-5H3,(H,31,33)(H,32,34)/b30-14-/t16-,21+/m1/s1. The highest BCUT2D eigenvalue weighted by Gasteiger charge is 2.25. The lowest BCUT2D eigenvalue weighted by molar-refractivity contribution is -0.132. The first-order chi connectivity index (χ1) is 17.5. The molecule has 37 heavy (non-hydrogen) atoms. The van der Waals surface area contributed by atoms with Gasteiger partial charge in [-0.05, 0) is 71.1 Å². The number of methoxy groups -OCH3 is 1. The summed E-state index contributed by atoms with van der Waals surface area (Å²) in [6, 6.07) is 7.27. The highest BCUT2D eigenvalue weighted by molar-refractivity contribution is 9.10. The Balaban J connectivity index is 2.07. The van der Waals surface area contributed by atoms with Crippen molar-refractivity contribution in [3.8, 4) is 29.6 Å². The number of hydrogen-bond acceptors (Lipinski definition) is 6. The van der Waals surface area contributed by atoms with Crippen LogP contribution in [0.4, 0.5) is 0 Å². The van der Waals surface area contributed by atoms with Gasteiger partial charge in [-0.1, -0.05) is 43.0 Å². The fraction of sp³-hybridized carbons (Fsp3) is 0.346. The number of ether oxygens (including phenoxy) is 3. The maximum absolute atomic E-state index is 12.9. The number of halogens is 3. The zero-order valence-corrected chi connectivity index (χ0v) is 23.9. The van der Waals surface area contributed by atoms with Gasteiger partial charge < -0.3 is 19.5 Å². The van der Waals surface area contributed by atoms with E-state index in [1.165, 1.54) is 19.4 Å². The van der Waals surface area contributed by atoms with Crippen molar-refractivity contribution in [1.29, 1.82) is 0 Å². The zero-order valence-electron chi connectivity index (χ0n) is 20.8. The molecule has 0 radical (unpaired) electrons. The number of benzene rings is 2. The first kappa shape index (κ1) is 30.3. The number of carbonyl (C=O) groups excluding carboxylic acids is 2. The minimum absolute atomic E-state index is 0.0812.